The quantitative estimate of drug-likeness (QED) is 0.344. The van der Waals surface area contributed by atoms with Crippen molar-refractivity contribution in [1.82, 2.24) is 30.5 Å². The Morgan fingerprint density at radius 3 is 2.15 bits per heavy atom. The van der Waals surface area contributed by atoms with Crippen molar-refractivity contribution in [1.29, 1.82) is 0 Å². The number of phenols is 2. The van der Waals surface area contributed by atoms with E-state index >= 15 is 0 Å². The van der Waals surface area contributed by atoms with Gasteiger partial charge in [-0.15, -0.1) is 32.3 Å². The van der Waals surface area contributed by atoms with Crippen molar-refractivity contribution >= 4 is 28.1 Å². The maximum absolute atomic E-state index is 10.7. The van der Waals surface area contributed by atoms with Gasteiger partial charge in [0.1, 0.15) is 17.0 Å². The van der Waals surface area contributed by atoms with Gasteiger partial charge < -0.3 is 15.5 Å². The zero-order valence-corrected chi connectivity index (χ0v) is 21.4. The topological polar surface area (TPSA) is 109 Å². The molecule has 0 atom stereocenters. The Kier molecular flexibility index (Phi) is 6.12. The van der Waals surface area contributed by atoms with Crippen LogP contribution in [-0.4, -0.2) is 46.5 Å². The molecule has 0 bridgehead atoms. The van der Waals surface area contributed by atoms with Crippen LogP contribution < -0.4 is 5.32 Å². The van der Waals surface area contributed by atoms with E-state index in [1.165, 1.54) is 0 Å². The van der Waals surface area contributed by atoms with E-state index in [4.69, 9.17) is 0 Å². The zero-order valence-electron chi connectivity index (χ0n) is 19.6. The molecule has 5 rings (SSSR count). The Labute approximate surface area is 208 Å². The van der Waals surface area contributed by atoms with Crippen molar-refractivity contribution in [2.45, 2.75) is 57.7 Å². The predicted octanol–water partition coefficient (Wildman–Crippen LogP) is 5.03. The fourth-order valence-electron chi connectivity index (χ4n) is 5.15. The first-order chi connectivity index (χ1) is 15.6. The summed E-state index contributed by atoms with van der Waals surface area (Å²) in [5.74, 6) is 0.302. The molecule has 1 fully saturated rings. The van der Waals surface area contributed by atoms with Gasteiger partial charge in [-0.1, -0.05) is 23.4 Å². The third-order valence-corrected chi connectivity index (χ3v) is 6.21. The third kappa shape index (κ3) is 4.63. The Bertz CT molecular complexity index is 1320. The van der Waals surface area contributed by atoms with Gasteiger partial charge in [-0.3, -0.25) is 0 Å². The molecule has 1 aliphatic heterocycles. The number of aromatic nitrogens is 5. The molecule has 34 heavy (non-hydrogen) atoms. The first kappa shape index (κ1) is 24.1. The van der Waals surface area contributed by atoms with Gasteiger partial charge in [0.2, 0.25) is 5.65 Å². The molecule has 0 aliphatic carbocycles. The van der Waals surface area contributed by atoms with E-state index in [0.29, 0.717) is 22.4 Å². The van der Waals surface area contributed by atoms with Gasteiger partial charge in [0.15, 0.2) is 0 Å². The van der Waals surface area contributed by atoms with Gasteiger partial charge in [0.05, 0.1) is 11.7 Å². The number of hydrogen-bond acceptors (Lipinski definition) is 7. The Morgan fingerprint density at radius 2 is 1.50 bits per heavy atom. The van der Waals surface area contributed by atoms with Crippen molar-refractivity contribution in [3.05, 3.63) is 48.5 Å². The number of nitrogens with zero attached hydrogens (tertiary/aromatic N) is 5. The second-order valence-corrected chi connectivity index (χ2v) is 10.2. The molecule has 4 aromatic rings. The lowest BCUT2D eigenvalue weighted by molar-refractivity contribution is 0.127. The van der Waals surface area contributed by atoms with E-state index in [9.17, 15) is 10.2 Å². The molecule has 0 saturated carbocycles. The molecule has 0 spiro atoms. The summed E-state index contributed by atoms with van der Waals surface area (Å²) in [4.78, 5) is 0. The molecule has 0 unspecified atom stereocenters. The number of aromatic hydroxyl groups is 2. The first-order valence-electron chi connectivity index (χ1n) is 11.1. The van der Waals surface area contributed by atoms with Crippen LogP contribution in [0.5, 0.6) is 11.5 Å². The van der Waals surface area contributed by atoms with Crippen LogP contribution in [0.2, 0.25) is 0 Å². The summed E-state index contributed by atoms with van der Waals surface area (Å²) < 4.78 is 1.89. The van der Waals surface area contributed by atoms with Crippen LogP contribution in [0.25, 0.3) is 33.5 Å². The Hall–Kier alpha value is -3.04. The molecule has 1 saturated heterocycles. The van der Waals surface area contributed by atoms with Crippen LogP contribution in [0.4, 0.5) is 0 Å². The highest BCUT2D eigenvalue weighted by Crippen LogP contribution is 2.37. The van der Waals surface area contributed by atoms with E-state index in [-0.39, 0.29) is 45.6 Å². The lowest BCUT2D eigenvalue weighted by Crippen LogP contribution is -2.58. The molecule has 8 nitrogen and oxygen atoms in total. The minimum absolute atomic E-state index is 0. The molecule has 3 N–H and O–H groups in total. The molecule has 0 radical (unpaired) electrons. The van der Waals surface area contributed by atoms with Crippen LogP contribution in [-0.2, 0) is 0 Å². The number of phenolic OH excluding ortho intramolecular Hbond substituents is 2. The molecular formula is C25H29BrN6O2. The lowest BCUT2D eigenvalue weighted by Gasteiger charge is -2.46. The zero-order chi connectivity index (χ0) is 23.4. The standard InChI is InChI=1S/C25H28N6O2.BrH/c1-24(2)13-17(14-25(3,4)29-24)31-23-21(27-30-31)12-20(26-28-23)19-10-7-16(11-22(19)33)15-5-8-18(32)9-6-15;/h5-12,17,29,32-33H,13-14H2,1-4H3;1H. The second kappa shape index (κ2) is 8.63. The number of fused-ring (bicyclic) bond motifs is 1. The summed E-state index contributed by atoms with van der Waals surface area (Å²) in [7, 11) is 0. The van der Waals surface area contributed by atoms with Gasteiger partial charge in [-0.25, -0.2) is 4.68 Å². The molecule has 2 aromatic heterocycles. The average Bonchev–Trinajstić information content (AvgIpc) is 3.15. The summed E-state index contributed by atoms with van der Waals surface area (Å²) in [6, 6.07) is 14.2. The number of piperidine rings is 1. The second-order valence-electron chi connectivity index (χ2n) is 10.2. The summed E-state index contributed by atoms with van der Waals surface area (Å²) in [5.41, 5.74) is 4.10. The summed E-state index contributed by atoms with van der Waals surface area (Å²) in [6.45, 7) is 8.81. The fourth-order valence-corrected chi connectivity index (χ4v) is 5.15. The summed E-state index contributed by atoms with van der Waals surface area (Å²) in [5, 5.41) is 41.5. The van der Waals surface area contributed by atoms with E-state index < -0.39 is 0 Å². The minimum atomic E-state index is -0.0247. The highest BCUT2D eigenvalue weighted by atomic mass is 79.9. The summed E-state index contributed by atoms with van der Waals surface area (Å²) >= 11 is 0. The van der Waals surface area contributed by atoms with Gasteiger partial charge in [0.25, 0.3) is 0 Å². The van der Waals surface area contributed by atoms with Crippen LogP contribution in [0.15, 0.2) is 48.5 Å². The van der Waals surface area contributed by atoms with Gasteiger partial charge in [-0.2, -0.15) is 0 Å². The summed E-state index contributed by atoms with van der Waals surface area (Å²) in [6.07, 6.45) is 1.83. The largest absolute Gasteiger partial charge is 0.508 e. The third-order valence-electron chi connectivity index (χ3n) is 6.21. The van der Waals surface area contributed by atoms with Crippen LogP contribution in [0.3, 0.4) is 0 Å². The van der Waals surface area contributed by atoms with Gasteiger partial charge in [0, 0.05) is 16.6 Å². The van der Waals surface area contributed by atoms with Crippen LogP contribution in [0.1, 0.15) is 46.6 Å². The predicted molar refractivity (Wildman–Crippen MR) is 137 cm³/mol. The molecule has 2 aromatic carbocycles. The molecule has 1 aliphatic rings. The highest BCUT2D eigenvalue weighted by molar-refractivity contribution is 8.93. The molecule has 3 heterocycles. The average molecular weight is 525 g/mol. The number of halogens is 1. The minimum Gasteiger partial charge on any atom is -0.508 e. The Balaban J connectivity index is 0.00000274. The van der Waals surface area contributed by atoms with E-state index in [2.05, 4.69) is 53.5 Å². The van der Waals surface area contributed by atoms with Crippen molar-refractivity contribution in [3.63, 3.8) is 0 Å². The van der Waals surface area contributed by atoms with Crippen LogP contribution >= 0.6 is 17.0 Å². The number of hydrogen-bond donors (Lipinski definition) is 3. The number of nitrogens with one attached hydrogen (secondary N) is 1. The van der Waals surface area contributed by atoms with Gasteiger partial charge in [-0.05, 0) is 82.0 Å². The first-order valence-corrected chi connectivity index (χ1v) is 11.1. The SMILES string of the molecule is Br.CC1(C)CC(n2nnc3cc(-c4ccc(-c5ccc(O)cc5)cc4O)nnc32)CC(C)(C)N1. The fraction of sp³-hybridized carbons (Fsp3) is 0.360. The lowest BCUT2D eigenvalue weighted by atomic mass is 9.80. The maximum atomic E-state index is 10.7. The monoisotopic (exact) mass is 524 g/mol. The number of rotatable bonds is 3. The van der Waals surface area contributed by atoms with Crippen molar-refractivity contribution in [2.24, 2.45) is 0 Å². The van der Waals surface area contributed by atoms with E-state index in [1.54, 1.807) is 30.3 Å². The maximum Gasteiger partial charge on any atom is 0.201 e. The highest BCUT2D eigenvalue weighted by Gasteiger charge is 2.39. The number of benzene rings is 2. The normalized spacial score (nSPS) is 17.4. The molecule has 9 heteroatoms. The van der Waals surface area contributed by atoms with E-state index in [0.717, 1.165) is 24.0 Å². The Morgan fingerprint density at radius 1 is 0.853 bits per heavy atom. The van der Waals surface area contributed by atoms with Gasteiger partial charge >= 0.3 is 0 Å². The smallest absolute Gasteiger partial charge is 0.201 e. The molecule has 178 valence electrons. The molecular weight excluding hydrogens is 496 g/mol. The molecule has 0 amide bonds. The van der Waals surface area contributed by atoms with Crippen molar-refractivity contribution in [3.8, 4) is 33.9 Å². The van der Waals surface area contributed by atoms with Crippen molar-refractivity contribution < 1.29 is 10.2 Å². The van der Waals surface area contributed by atoms with Crippen molar-refractivity contribution in [2.75, 3.05) is 0 Å². The van der Waals surface area contributed by atoms with E-state index in [1.807, 2.05) is 22.9 Å². The van der Waals surface area contributed by atoms with Crippen LogP contribution in [0, 0.1) is 0 Å².